The van der Waals surface area contributed by atoms with E-state index in [1.807, 2.05) is 29.2 Å². The standard InChI is InChI=1S/C26H31N5O5/c1-2-18-3-5-19(6-4-18)36-20-7-8-21(27-15-20)26(22(33)28-24(35)29-23(26)34)31-11-9-25(10-12-31)16-30(17-25)13-14-32/h3-8,15,32H,2,9-14,16-17H2,1H3,(H2,28,29,33,34,35). The van der Waals surface area contributed by atoms with Crippen molar-refractivity contribution in [3.8, 4) is 11.5 Å². The summed E-state index contributed by atoms with van der Waals surface area (Å²) >= 11 is 0. The van der Waals surface area contributed by atoms with E-state index in [1.54, 1.807) is 12.1 Å². The number of barbiturate groups is 1. The van der Waals surface area contributed by atoms with Gasteiger partial charge in [-0.2, -0.15) is 0 Å². The highest BCUT2D eigenvalue weighted by Crippen LogP contribution is 2.43. The second-order valence-corrected chi connectivity index (χ2v) is 9.85. The van der Waals surface area contributed by atoms with Gasteiger partial charge in [0.15, 0.2) is 0 Å². The third kappa shape index (κ3) is 4.25. The molecule has 4 amide bonds. The van der Waals surface area contributed by atoms with Gasteiger partial charge in [0.1, 0.15) is 11.5 Å². The number of hydrogen-bond acceptors (Lipinski definition) is 8. The molecule has 0 aliphatic carbocycles. The van der Waals surface area contributed by atoms with Crippen molar-refractivity contribution in [2.24, 2.45) is 5.41 Å². The summed E-state index contributed by atoms with van der Waals surface area (Å²) in [5.74, 6) is -0.257. The molecule has 36 heavy (non-hydrogen) atoms. The monoisotopic (exact) mass is 493 g/mol. The number of amides is 4. The number of aromatic nitrogens is 1. The topological polar surface area (TPSA) is 124 Å². The Morgan fingerprint density at radius 3 is 2.17 bits per heavy atom. The molecule has 10 heteroatoms. The first-order chi connectivity index (χ1) is 17.4. The Morgan fingerprint density at radius 1 is 0.972 bits per heavy atom. The van der Waals surface area contributed by atoms with Crippen molar-refractivity contribution < 1.29 is 24.2 Å². The Kier molecular flexibility index (Phi) is 6.50. The summed E-state index contributed by atoms with van der Waals surface area (Å²) in [5.41, 5.74) is -0.174. The number of rotatable bonds is 7. The number of ether oxygens (including phenoxy) is 1. The number of pyridine rings is 1. The zero-order valence-electron chi connectivity index (χ0n) is 20.3. The first-order valence-corrected chi connectivity index (χ1v) is 12.4. The van der Waals surface area contributed by atoms with Crippen molar-refractivity contribution in [2.45, 2.75) is 31.7 Å². The summed E-state index contributed by atoms with van der Waals surface area (Å²) in [6.07, 6.45) is 4.04. The number of hydrogen-bond donors (Lipinski definition) is 3. The minimum atomic E-state index is -1.74. The van der Waals surface area contributed by atoms with Gasteiger partial charge in [0, 0.05) is 32.7 Å². The Balaban J connectivity index is 1.38. The average Bonchev–Trinajstić information content (AvgIpc) is 2.85. The number of imide groups is 2. The van der Waals surface area contributed by atoms with Gasteiger partial charge >= 0.3 is 6.03 Å². The Hall–Kier alpha value is -3.34. The van der Waals surface area contributed by atoms with Gasteiger partial charge in [0.25, 0.3) is 11.8 Å². The third-order valence-corrected chi connectivity index (χ3v) is 7.62. The minimum Gasteiger partial charge on any atom is -0.456 e. The number of urea groups is 1. The molecule has 4 heterocycles. The van der Waals surface area contributed by atoms with Crippen LogP contribution in [0.1, 0.15) is 31.0 Å². The van der Waals surface area contributed by atoms with Crippen LogP contribution in [-0.2, 0) is 21.5 Å². The van der Waals surface area contributed by atoms with Crippen molar-refractivity contribution in [3.05, 3.63) is 53.9 Å². The number of aryl methyl sites for hydroxylation is 1. The van der Waals surface area contributed by atoms with Crippen molar-refractivity contribution in [1.29, 1.82) is 0 Å². The molecule has 5 rings (SSSR count). The molecule has 1 spiro atoms. The molecule has 0 atom stereocenters. The Labute approximate surface area is 209 Å². The fraction of sp³-hybridized carbons (Fsp3) is 0.462. The van der Waals surface area contributed by atoms with Gasteiger partial charge in [-0.25, -0.2) is 4.79 Å². The van der Waals surface area contributed by atoms with Crippen LogP contribution in [-0.4, -0.2) is 77.1 Å². The van der Waals surface area contributed by atoms with Crippen LogP contribution in [0.3, 0.4) is 0 Å². The van der Waals surface area contributed by atoms with Crippen molar-refractivity contribution in [3.63, 3.8) is 0 Å². The van der Waals surface area contributed by atoms with Crippen molar-refractivity contribution in [2.75, 3.05) is 39.3 Å². The molecule has 2 aromatic rings. The van der Waals surface area contributed by atoms with Crippen LogP contribution in [0.25, 0.3) is 0 Å². The average molecular weight is 494 g/mol. The van der Waals surface area contributed by atoms with Crippen molar-refractivity contribution in [1.82, 2.24) is 25.4 Å². The zero-order chi connectivity index (χ0) is 25.3. The number of carbonyl (C=O) groups is 3. The fourth-order valence-corrected chi connectivity index (χ4v) is 5.62. The molecule has 0 saturated carbocycles. The number of likely N-dealkylation sites (tertiary alicyclic amines) is 2. The summed E-state index contributed by atoms with van der Waals surface area (Å²) in [6, 6.07) is 10.2. The summed E-state index contributed by atoms with van der Waals surface area (Å²) in [4.78, 5) is 47.0. The highest BCUT2D eigenvalue weighted by atomic mass is 16.5. The van der Waals surface area contributed by atoms with Crippen LogP contribution >= 0.6 is 0 Å². The van der Waals surface area contributed by atoms with Gasteiger partial charge in [0.2, 0.25) is 5.54 Å². The fourth-order valence-electron chi connectivity index (χ4n) is 5.62. The van der Waals surface area contributed by atoms with E-state index in [0.717, 1.165) is 32.4 Å². The number of carbonyl (C=O) groups excluding carboxylic acids is 3. The molecular formula is C26H31N5O5. The lowest BCUT2D eigenvalue weighted by Gasteiger charge is -2.56. The van der Waals surface area contributed by atoms with Gasteiger partial charge in [-0.05, 0) is 54.5 Å². The summed E-state index contributed by atoms with van der Waals surface area (Å²) in [6.45, 7) is 5.68. The molecule has 3 aliphatic rings. The number of β-amino-alcohol motifs (C(OH)–C–C–N with tert-alkyl or cyclic N) is 1. The van der Waals surface area contributed by atoms with Crippen molar-refractivity contribution >= 4 is 17.8 Å². The maximum absolute atomic E-state index is 13.3. The van der Waals surface area contributed by atoms with Crippen LogP contribution in [0.5, 0.6) is 11.5 Å². The lowest BCUT2D eigenvalue weighted by atomic mass is 9.70. The van der Waals surface area contributed by atoms with E-state index >= 15 is 0 Å². The molecule has 190 valence electrons. The largest absolute Gasteiger partial charge is 0.456 e. The molecule has 10 nitrogen and oxygen atoms in total. The van der Waals surface area contributed by atoms with Crippen LogP contribution in [0.2, 0.25) is 0 Å². The van der Waals surface area contributed by atoms with Crippen LogP contribution < -0.4 is 15.4 Å². The molecule has 3 saturated heterocycles. The second kappa shape index (κ2) is 9.61. The second-order valence-electron chi connectivity index (χ2n) is 9.85. The lowest BCUT2D eigenvalue weighted by Crippen LogP contribution is -2.73. The van der Waals surface area contributed by atoms with E-state index in [4.69, 9.17) is 4.74 Å². The van der Waals surface area contributed by atoms with Gasteiger partial charge in [-0.15, -0.1) is 0 Å². The lowest BCUT2D eigenvalue weighted by molar-refractivity contribution is -0.153. The summed E-state index contributed by atoms with van der Waals surface area (Å²) in [7, 11) is 0. The molecule has 1 aromatic heterocycles. The van der Waals surface area contributed by atoms with Crippen LogP contribution in [0, 0.1) is 5.41 Å². The molecule has 3 fully saturated rings. The number of piperidine rings is 1. The normalized spacial score (nSPS) is 21.6. The Morgan fingerprint density at radius 2 is 1.61 bits per heavy atom. The van der Waals surface area contributed by atoms with Crippen LogP contribution in [0.15, 0.2) is 42.6 Å². The summed E-state index contributed by atoms with van der Waals surface area (Å²) in [5, 5.41) is 13.7. The predicted molar refractivity (Wildman–Crippen MR) is 130 cm³/mol. The molecule has 1 aromatic carbocycles. The van der Waals surface area contributed by atoms with Crippen LogP contribution in [0.4, 0.5) is 4.79 Å². The highest BCUT2D eigenvalue weighted by Gasteiger charge is 2.59. The number of nitrogens with zero attached hydrogens (tertiary/aromatic N) is 3. The summed E-state index contributed by atoms with van der Waals surface area (Å²) < 4.78 is 5.89. The molecule has 0 bridgehead atoms. The molecular weight excluding hydrogens is 462 g/mol. The van der Waals surface area contributed by atoms with E-state index in [0.29, 0.717) is 31.1 Å². The quantitative estimate of drug-likeness (QED) is 0.495. The first kappa shape index (κ1) is 24.4. The van der Waals surface area contributed by atoms with Gasteiger partial charge < -0.3 is 9.84 Å². The minimum absolute atomic E-state index is 0.128. The first-order valence-electron chi connectivity index (χ1n) is 12.4. The molecule has 3 N–H and O–H groups in total. The van der Waals surface area contributed by atoms with E-state index in [-0.39, 0.29) is 17.7 Å². The molecule has 3 aliphatic heterocycles. The third-order valence-electron chi connectivity index (χ3n) is 7.62. The number of aliphatic hydroxyl groups excluding tert-OH is 1. The number of nitrogens with one attached hydrogen (secondary N) is 2. The smallest absolute Gasteiger partial charge is 0.328 e. The maximum atomic E-state index is 13.3. The van der Waals surface area contributed by atoms with Gasteiger partial charge in [0.05, 0.1) is 18.5 Å². The molecule has 0 unspecified atom stereocenters. The number of aliphatic hydroxyl groups is 1. The maximum Gasteiger partial charge on any atom is 0.328 e. The Bertz CT molecular complexity index is 1110. The van der Waals surface area contributed by atoms with E-state index < -0.39 is 23.4 Å². The number of benzene rings is 1. The van der Waals surface area contributed by atoms with E-state index in [9.17, 15) is 19.5 Å². The highest BCUT2D eigenvalue weighted by molar-refractivity contribution is 6.22. The van der Waals surface area contributed by atoms with Gasteiger partial charge in [-0.1, -0.05) is 19.1 Å². The SMILES string of the molecule is CCc1ccc(Oc2ccc(C3(N4CCC5(CC4)CN(CCO)C5)C(=O)NC(=O)NC3=O)nc2)cc1. The van der Waals surface area contributed by atoms with E-state index in [2.05, 4.69) is 27.4 Å². The molecule has 0 radical (unpaired) electrons. The van der Waals surface area contributed by atoms with Gasteiger partial charge in [-0.3, -0.25) is 35.0 Å². The van der Waals surface area contributed by atoms with E-state index in [1.165, 1.54) is 11.8 Å². The zero-order valence-corrected chi connectivity index (χ0v) is 20.3. The predicted octanol–water partition coefficient (Wildman–Crippen LogP) is 1.39.